The third-order valence-electron chi connectivity index (χ3n) is 3.13. The van der Waals surface area contributed by atoms with E-state index in [9.17, 15) is 0 Å². The van der Waals surface area contributed by atoms with Gasteiger partial charge in [-0.05, 0) is 40.7 Å². The highest BCUT2D eigenvalue weighted by atomic mass is 79.9. The number of thioether (sulfide) groups is 1. The molecule has 0 saturated carbocycles. The zero-order valence-corrected chi connectivity index (χ0v) is 12.7. The van der Waals surface area contributed by atoms with E-state index in [-0.39, 0.29) is 0 Å². The zero-order valence-electron chi connectivity index (χ0n) is 10.3. The molecule has 0 nitrogen and oxygen atoms in total. The summed E-state index contributed by atoms with van der Waals surface area (Å²) in [4.78, 5) is 1.32. The smallest absolute Gasteiger partial charge is 0.0222 e. The molecule has 2 aromatic carbocycles. The van der Waals surface area contributed by atoms with Crippen LogP contribution in [0.2, 0.25) is 0 Å². The van der Waals surface area contributed by atoms with Crippen molar-refractivity contribution in [3.05, 3.63) is 81.7 Å². The van der Waals surface area contributed by atoms with Crippen molar-refractivity contribution in [3.63, 3.8) is 0 Å². The largest absolute Gasteiger partial charge is 0.0974 e. The average molecular weight is 329 g/mol. The van der Waals surface area contributed by atoms with Gasteiger partial charge in [-0.1, -0.05) is 76.2 Å². The first kappa shape index (κ1) is 12.8. The van der Waals surface area contributed by atoms with Crippen LogP contribution in [0.4, 0.5) is 0 Å². The van der Waals surface area contributed by atoms with Gasteiger partial charge in [0.05, 0.1) is 0 Å². The van der Waals surface area contributed by atoms with Crippen molar-refractivity contribution < 1.29 is 0 Å². The summed E-state index contributed by atoms with van der Waals surface area (Å²) in [5, 5.41) is 2.14. The number of halogens is 1. The number of rotatable bonds is 2. The second-order valence-corrected chi connectivity index (χ2v) is 6.21. The van der Waals surface area contributed by atoms with Crippen LogP contribution in [0.5, 0.6) is 0 Å². The standard InChI is InChI=1S/C17H13BrS/c18-16-10-11-19-17-9-5-4-8-14(17)15(16)12-13-6-2-1-3-7-13/h1-11H,12H2. The molecule has 0 amide bonds. The molecule has 0 bridgehead atoms. The van der Waals surface area contributed by atoms with Crippen molar-refractivity contribution >= 4 is 33.3 Å². The molecule has 0 aromatic heterocycles. The van der Waals surface area contributed by atoms with Gasteiger partial charge in [0.15, 0.2) is 0 Å². The minimum absolute atomic E-state index is 0.948. The molecule has 3 rings (SSSR count). The molecule has 94 valence electrons. The fraction of sp³-hybridized carbons (Fsp3) is 0.0588. The topological polar surface area (TPSA) is 0 Å². The predicted molar refractivity (Wildman–Crippen MR) is 87.4 cm³/mol. The Kier molecular flexibility index (Phi) is 3.90. The fourth-order valence-electron chi connectivity index (χ4n) is 2.19. The molecular weight excluding hydrogens is 316 g/mol. The maximum atomic E-state index is 3.71. The van der Waals surface area contributed by atoms with Crippen molar-refractivity contribution in [1.29, 1.82) is 0 Å². The lowest BCUT2D eigenvalue weighted by Gasteiger charge is -2.11. The molecule has 1 aliphatic rings. The lowest BCUT2D eigenvalue weighted by molar-refractivity contribution is 1.25. The third kappa shape index (κ3) is 2.85. The fourth-order valence-corrected chi connectivity index (χ4v) is 3.68. The first-order valence-electron chi connectivity index (χ1n) is 6.20. The molecule has 0 unspecified atom stereocenters. The summed E-state index contributed by atoms with van der Waals surface area (Å²) in [6, 6.07) is 19.2. The number of fused-ring (bicyclic) bond motifs is 1. The second kappa shape index (κ2) is 5.81. The van der Waals surface area contributed by atoms with E-state index < -0.39 is 0 Å². The summed E-state index contributed by atoms with van der Waals surface area (Å²) in [5.41, 5.74) is 4.01. The summed E-state index contributed by atoms with van der Waals surface area (Å²) < 4.78 is 1.17. The molecule has 0 saturated heterocycles. The summed E-state index contributed by atoms with van der Waals surface area (Å²) in [6.07, 6.45) is 3.09. The molecule has 0 atom stereocenters. The van der Waals surface area contributed by atoms with Crippen LogP contribution in [-0.4, -0.2) is 0 Å². The van der Waals surface area contributed by atoms with Crippen LogP contribution in [0.25, 0.3) is 5.57 Å². The van der Waals surface area contributed by atoms with Gasteiger partial charge in [0, 0.05) is 9.38 Å². The quantitative estimate of drug-likeness (QED) is 0.685. The maximum absolute atomic E-state index is 3.71. The van der Waals surface area contributed by atoms with E-state index in [1.807, 2.05) is 0 Å². The minimum Gasteiger partial charge on any atom is -0.0974 e. The van der Waals surface area contributed by atoms with Gasteiger partial charge in [-0.15, -0.1) is 0 Å². The molecular formula is C17H13BrS. The van der Waals surface area contributed by atoms with E-state index in [2.05, 4.69) is 82.0 Å². The summed E-state index contributed by atoms with van der Waals surface area (Å²) in [7, 11) is 0. The van der Waals surface area contributed by atoms with E-state index in [1.54, 1.807) is 11.8 Å². The Hall–Kier alpha value is -1.25. The number of hydrogen-bond donors (Lipinski definition) is 0. The van der Waals surface area contributed by atoms with Gasteiger partial charge in [0.1, 0.15) is 0 Å². The zero-order chi connectivity index (χ0) is 13.1. The van der Waals surface area contributed by atoms with Gasteiger partial charge in [-0.3, -0.25) is 0 Å². The van der Waals surface area contributed by atoms with E-state index >= 15 is 0 Å². The van der Waals surface area contributed by atoms with Gasteiger partial charge < -0.3 is 0 Å². The van der Waals surface area contributed by atoms with Crippen LogP contribution in [0, 0.1) is 0 Å². The Morgan fingerprint density at radius 2 is 1.63 bits per heavy atom. The molecule has 0 aliphatic carbocycles. The molecule has 1 aliphatic heterocycles. The lowest BCUT2D eigenvalue weighted by Crippen LogP contribution is -1.93. The van der Waals surface area contributed by atoms with E-state index in [1.165, 1.54) is 26.1 Å². The Morgan fingerprint density at radius 3 is 2.47 bits per heavy atom. The normalized spacial score (nSPS) is 14.2. The van der Waals surface area contributed by atoms with E-state index in [4.69, 9.17) is 0 Å². The van der Waals surface area contributed by atoms with Crippen LogP contribution in [0.1, 0.15) is 11.1 Å². The highest BCUT2D eigenvalue weighted by molar-refractivity contribution is 9.12. The van der Waals surface area contributed by atoms with Crippen molar-refractivity contribution in [2.45, 2.75) is 11.3 Å². The molecule has 1 heterocycles. The van der Waals surface area contributed by atoms with Crippen molar-refractivity contribution in [2.75, 3.05) is 0 Å². The molecule has 0 spiro atoms. The SMILES string of the molecule is BrC1=C(Cc2ccccc2)c2ccccc2SC=C1. The van der Waals surface area contributed by atoms with Gasteiger partial charge in [0.25, 0.3) is 0 Å². The van der Waals surface area contributed by atoms with Crippen LogP contribution in [0.15, 0.2) is 75.5 Å². The highest BCUT2D eigenvalue weighted by Crippen LogP contribution is 2.37. The van der Waals surface area contributed by atoms with Crippen LogP contribution < -0.4 is 0 Å². The Morgan fingerprint density at radius 1 is 0.895 bits per heavy atom. The number of hydrogen-bond acceptors (Lipinski definition) is 1. The van der Waals surface area contributed by atoms with Crippen LogP contribution in [-0.2, 0) is 6.42 Å². The number of allylic oxidation sites excluding steroid dienone is 3. The van der Waals surface area contributed by atoms with Crippen molar-refractivity contribution in [2.24, 2.45) is 0 Å². The Balaban J connectivity index is 2.05. The third-order valence-corrected chi connectivity index (χ3v) is 4.76. The summed E-state index contributed by atoms with van der Waals surface area (Å²) >= 11 is 5.49. The van der Waals surface area contributed by atoms with Crippen LogP contribution >= 0.6 is 27.7 Å². The first-order chi connectivity index (χ1) is 9.34. The minimum atomic E-state index is 0.948. The Labute approximate surface area is 126 Å². The predicted octanol–water partition coefficient (Wildman–Crippen LogP) is 5.65. The van der Waals surface area contributed by atoms with Gasteiger partial charge in [0.2, 0.25) is 0 Å². The highest BCUT2D eigenvalue weighted by Gasteiger charge is 2.13. The molecule has 19 heavy (non-hydrogen) atoms. The monoisotopic (exact) mass is 328 g/mol. The second-order valence-electron chi connectivity index (χ2n) is 4.41. The molecule has 0 fully saturated rings. The molecule has 2 aromatic rings. The summed E-state index contributed by atoms with van der Waals surface area (Å²) in [5.74, 6) is 0. The molecule has 0 N–H and O–H groups in total. The maximum Gasteiger partial charge on any atom is 0.0222 e. The van der Waals surface area contributed by atoms with E-state index in [0.717, 1.165) is 6.42 Å². The molecule has 2 heteroatoms. The van der Waals surface area contributed by atoms with Crippen molar-refractivity contribution in [1.82, 2.24) is 0 Å². The number of benzene rings is 2. The van der Waals surface area contributed by atoms with Crippen molar-refractivity contribution in [3.8, 4) is 0 Å². The van der Waals surface area contributed by atoms with Gasteiger partial charge >= 0.3 is 0 Å². The van der Waals surface area contributed by atoms with Crippen LogP contribution in [0.3, 0.4) is 0 Å². The van der Waals surface area contributed by atoms with Gasteiger partial charge in [-0.2, -0.15) is 0 Å². The van der Waals surface area contributed by atoms with E-state index in [0.29, 0.717) is 0 Å². The first-order valence-corrected chi connectivity index (χ1v) is 7.87. The Bertz CT molecular complexity index is 641. The average Bonchev–Trinajstić information content (AvgIpc) is 2.61. The van der Waals surface area contributed by atoms with Gasteiger partial charge in [-0.25, -0.2) is 0 Å². The lowest BCUT2D eigenvalue weighted by atomic mass is 9.98. The molecule has 0 radical (unpaired) electrons. The summed E-state index contributed by atoms with van der Waals surface area (Å²) in [6.45, 7) is 0.